The molecule has 6 rings (SSSR count). The quantitative estimate of drug-likeness (QED) is 0.613. The van der Waals surface area contributed by atoms with E-state index < -0.39 is 5.60 Å². The number of piperidine rings is 2. The lowest BCUT2D eigenvalue weighted by atomic mass is 9.51. The van der Waals surface area contributed by atoms with Crippen LogP contribution in [0.15, 0.2) is 0 Å². The van der Waals surface area contributed by atoms with Crippen molar-refractivity contribution in [2.24, 2.45) is 52.8 Å². The Kier molecular flexibility index (Phi) is 4.78. The van der Waals surface area contributed by atoms with Crippen LogP contribution in [0.3, 0.4) is 0 Å². The first kappa shape index (κ1) is 21.1. The number of carbonyl (C=O) groups is 1. The Morgan fingerprint density at radius 2 is 1.71 bits per heavy atom. The summed E-state index contributed by atoms with van der Waals surface area (Å²) in [5.41, 5.74) is -0.482. The van der Waals surface area contributed by atoms with E-state index in [9.17, 15) is 15.0 Å². The van der Waals surface area contributed by atoms with E-state index in [2.05, 4.69) is 25.7 Å². The molecule has 2 saturated heterocycles. The zero-order chi connectivity index (χ0) is 21.7. The number of nitrogens with zero attached hydrogens (tertiary/aromatic N) is 1. The fourth-order valence-electron chi connectivity index (χ4n) is 10.4. The maximum Gasteiger partial charge on any atom is 0.136 e. The lowest BCUT2D eigenvalue weighted by molar-refractivity contribution is -0.175. The van der Waals surface area contributed by atoms with Crippen molar-refractivity contribution in [2.75, 3.05) is 13.1 Å². The molecule has 0 aromatic carbocycles. The van der Waals surface area contributed by atoms with Crippen molar-refractivity contribution in [3.63, 3.8) is 0 Å². The zero-order valence-electron chi connectivity index (χ0n) is 19.8. The second kappa shape index (κ2) is 7.03. The fourth-order valence-corrected chi connectivity index (χ4v) is 10.4. The number of Topliss-reactive ketones (excluding diaryl/α,β-unsaturated/α-hetero) is 1. The second-order valence-electron chi connectivity index (χ2n) is 13.2. The van der Waals surface area contributed by atoms with Crippen molar-refractivity contribution in [3.05, 3.63) is 0 Å². The summed E-state index contributed by atoms with van der Waals surface area (Å²) in [7, 11) is 0. The molecule has 4 heteroatoms. The highest BCUT2D eigenvalue weighted by molar-refractivity contribution is 5.83. The van der Waals surface area contributed by atoms with Crippen LogP contribution in [0.25, 0.3) is 0 Å². The highest BCUT2D eigenvalue weighted by Gasteiger charge is 2.64. The first-order valence-corrected chi connectivity index (χ1v) is 13.4. The number of aliphatic hydroxyl groups is 2. The van der Waals surface area contributed by atoms with Crippen molar-refractivity contribution in [1.82, 2.24) is 4.90 Å². The van der Waals surface area contributed by atoms with Gasteiger partial charge in [0.2, 0.25) is 0 Å². The molecule has 2 aliphatic heterocycles. The minimum Gasteiger partial charge on any atom is -0.393 e. The largest absolute Gasteiger partial charge is 0.393 e. The van der Waals surface area contributed by atoms with Crippen molar-refractivity contribution in [2.45, 2.75) is 96.3 Å². The fraction of sp³-hybridized carbons (Fsp3) is 0.963. The molecule has 4 saturated carbocycles. The number of hydrogen-bond acceptors (Lipinski definition) is 4. The second-order valence-corrected chi connectivity index (χ2v) is 13.2. The Morgan fingerprint density at radius 1 is 0.903 bits per heavy atom. The molecular formula is C27H43NO3. The van der Waals surface area contributed by atoms with Gasteiger partial charge >= 0.3 is 0 Å². The number of rotatable bonds is 0. The Balaban J connectivity index is 1.31. The van der Waals surface area contributed by atoms with Crippen molar-refractivity contribution >= 4 is 5.78 Å². The lowest BCUT2D eigenvalue weighted by Gasteiger charge is -2.59. The van der Waals surface area contributed by atoms with Gasteiger partial charge in [0.1, 0.15) is 5.78 Å². The van der Waals surface area contributed by atoms with Gasteiger partial charge in [-0.25, -0.2) is 0 Å². The van der Waals surface area contributed by atoms with Gasteiger partial charge in [-0.05, 0) is 105 Å². The van der Waals surface area contributed by atoms with Crippen LogP contribution in [0, 0.1) is 52.8 Å². The van der Waals surface area contributed by atoms with E-state index in [1.807, 2.05) is 0 Å². The molecule has 0 aromatic heterocycles. The van der Waals surface area contributed by atoms with E-state index in [-0.39, 0.29) is 17.4 Å². The molecule has 4 aliphatic carbocycles. The van der Waals surface area contributed by atoms with E-state index in [1.54, 1.807) is 0 Å². The van der Waals surface area contributed by atoms with E-state index in [4.69, 9.17) is 0 Å². The summed E-state index contributed by atoms with van der Waals surface area (Å²) in [5.74, 6) is 4.82. The molecule has 0 amide bonds. The summed E-state index contributed by atoms with van der Waals surface area (Å²) in [6, 6.07) is 0.341. The smallest absolute Gasteiger partial charge is 0.136 e. The van der Waals surface area contributed by atoms with Crippen LogP contribution in [0.2, 0.25) is 0 Å². The molecule has 2 N–H and O–H groups in total. The van der Waals surface area contributed by atoms with Gasteiger partial charge in [0.15, 0.2) is 0 Å². The minimum absolute atomic E-state index is 0.0789. The molecule has 12 atom stereocenters. The molecule has 6 fully saturated rings. The standard InChI is InChI=1S/C27H43NO3/c1-15-4-7-25-27(3,31)21-6-5-17-18(20(21)14-28(25)13-15)11-22-19(17)12-24(30)23-10-16(29)8-9-26(22,23)2/h15-23,25,29,31H,4-14H2,1-3H3/t15-,16-,17+,18-,19+,20-,21+,22+,23+,25-,26+,27+/m0/s1. The highest BCUT2D eigenvalue weighted by Crippen LogP contribution is 2.66. The molecule has 31 heavy (non-hydrogen) atoms. The molecule has 0 radical (unpaired) electrons. The Morgan fingerprint density at radius 3 is 2.52 bits per heavy atom. The molecular weight excluding hydrogens is 386 g/mol. The average Bonchev–Trinajstić information content (AvgIpc) is 3.09. The third-order valence-corrected chi connectivity index (χ3v) is 11.8. The molecule has 0 unspecified atom stereocenters. The van der Waals surface area contributed by atoms with Gasteiger partial charge < -0.3 is 10.2 Å². The van der Waals surface area contributed by atoms with E-state index in [1.165, 1.54) is 25.8 Å². The highest BCUT2D eigenvalue weighted by atomic mass is 16.3. The van der Waals surface area contributed by atoms with Crippen molar-refractivity contribution in [1.29, 1.82) is 0 Å². The predicted molar refractivity (Wildman–Crippen MR) is 120 cm³/mol. The Labute approximate surface area is 188 Å². The van der Waals surface area contributed by atoms with Gasteiger partial charge in [0, 0.05) is 31.5 Å². The molecule has 6 aliphatic rings. The van der Waals surface area contributed by atoms with Crippen LogP contribution >= 0.6 is 0 Å². The van der Waals surface area contributed by atoms with Gasteiger partial charge in [-0.1, -0.05) is 13.8 Å². The van der Waals surface area contributed by atoms with Gasteiger partial charge in [-0.2, -0.15) is 0 Å². The van der Waals surface area contributed by atoms with Gasteiger partial charge in [-0.3, -0.25) is 9.69 Å². The number of ketones is 1. The Hall–Kier alpha value is -0.450. The minimum atomic E-state index is -0.570. The summed E-state index contributed by atoms with van der Waals surface area (Å²) in [6.45, 7) is 9.23. The van der Waals surface area contributed by atoms with Crippen LogP contribution < -0.4 is 0 Å². The summed E-state index contributed by atoms with van der Waals surface area (Å²) in [5, 5.41) is 22.1. The van der Waals surface area contributed by atoms with Crippen molar-refractivity contribution in [3.8, 4) is 0 Å². The summed E-state index contributed by atoms with van der Waals surface area (Å²) in [4.78, 5) is 15.9. The summed E-state index contributed by atoms with van der Waals surface area (Å²) in [6.07, 6.45) is 9.08. The van der Waals surface area contributed by atoms with Crippen LogP contribution in [-0.4, -0.2) is 51.7 Å². The molecule has 2 heterocycles. The third kappa shape index (κ3) is 2.93. The van der Waals surface area contributed by atoms with Crippen molar-refractivity contribution < 1.29 is 15.0 Å². The van der Waals surface area contributed by atoms with Crippen LogP contribution in [0.4, 0.5) is 0 Å². The van der Waals surface area contributed by atoms with Crippen LogP contribution in [0.5, 0.6) is 0 Å². The molecule has 4 nitrogen and oxygen atoms in total. The van der Waals surface area contributed by atoms with E-state index in [0.717, 1.165) is 44.6 Å². The van der Waals surface area contributed by atoms with Crippen LogP contribution in [0.1, 0.15) is 78.6 Å². The number of hydrogen-bond donors (Lipinski definition) is 2. The van der Waals surface area contributed by atoms with Gasteiger partial charge in [0.05, 0.1) is 11.7 Å². The molecule has 0 aromatic rings. The van der Waals surface area contributed by atoms with E-state index in [0.29, 0.717) is 53.8 Å². The molecule has 0 bridgehead atoms. The SMILES string of the molecule is C[C@H]1CC[C@@H]2N(C1)C[C@H]1[C@H]3C[C@@H]4[C@H](CC(=O)[C@H]5C[C@@H](O)CC[C@@]54C)[C@@H]3CC[C@H]1[C@@]2(C)O. The average molecular weight is 430 g/mol. The normalized spacial score (nSPS) is 59.2. The topological polar surface area (TPSA) is 60.8 Å². The summed E-state index contributed by atoms with van der Waals surface area (Å²) < 4.78 is 0. The molecule has 0 spiro atoms. The predicted octanol–water partition coefficient (Wildman–Crippen LogP) is 3.89. The number of aliphatic hydroxyl groups excluding tert-OH is 1. The first-order chi connectivity index (χ1) is 14.7. The first-order valence-electron chi connectivity index (χ1n) is 13.4. The van der Waals surface area contributed by atoms with Gasteiger partial charge in [0.25, 0.3) is 0 Å². The van der Waals surface area contributed by atoms with Crippen LogP contribution in [-0.2, 0) is 4.79 Å². The maximum atomic E-state index is 13.2. The van der Waals surface area contributed by atoms with Gasteiger partial charge in [-0.15, -0.1) is 0 Å². The Bertz CT molecular complexity index is 751. The summed E-state index contributed by atoms with van der Waals surface area (Å²) >= 11 is 0. The maximum absolute atomic E-state index is 13.2. The zero-order valence-corrected chi connectivity index (χ0v) is 19.8. The molecule has 174 valence electrons. The number of carbonyl (C=O) groups excluding carboxylic acids is 1. The van der Waals surface area contributed by atoms with E-state index >= 15 is 0 Å². The number of fused-ring (bicyclic) bond motifs is 8. The lowest BCUT2D eigenvalue weighted by Crippen LogP contribution is -2.67. The third-order valence-electron chi connectivity index (χ3n) is 11.8. The monoisotopic (exact) mass is 429 g/mol.